The number of carbonyl (C=O) groups excluding carboxylic acids is 1. The first kappa shape index (κ1) is 14.5. The average molecular weight is 276 g/mol. The van der Waals surface area contributed by atoms with Gasteiger partial charge in [0.1, 0.15) is 0 Å². The predicted octanol–water partition coefficient (Wildman–Crippen LogP) is 2.08. The molecule has 1 aliphatic rings. The van der Waals surface area contributed by atoms with Crippen LogP contribution in [0.25, 0.3) is 0 Å². The molecule has 2 N–H and O–H groups in total. The summed E-state index contributed by atoms with van der Waals surface area (Å²) in [6.45, 7) is 2.83. The second kappa shape index (κ2) is 6.52. The second-order valence-corrected chi connectivity index (χ2v) is 5.22. The third-order valence-corrected chi connectivity index (χ3v) is 3.34. The minimum atomic E-state index is -0.753. The zero-order valence-corrected chi connectivity index (χ0v) is 11.6. The van der Waals surface area contributed by atoms with Gasteiger partial charge in [-0.25, -0.2) is 0 Å². The van der Waals surface area contributed by atoms with Gasteiger partial charge in [-0.1, -0.05) is 12.1 Å². The minimum absolute atomic E-state index is 0.0844. The lowest BCUT2D eigenvalue weighted by atomic mass is 10.2. The van der Waals surface area contributed by atoms with Gasteiger partial charge in [-0.3, -0.25) is 14.5 Å². The monoisotopic (exact) mass is 276 g/mol. The van der Waals surface area contributed by atoms with Gasteiger partial charge in [-0.2, -0.15) is 0 Å². The molecule has 108 valence electrons. The van der Waals surface area contributed by atoms with E-state index in [-0.39, 0.29) is 12.3 Å². The summed E-state index contributed by atoms with van der Waals surface area (Å²) in [6, 6.07) is 8.23. The molecule has 0 atom stereocenters. The van der Waals surface area contributed by atoms with Crippen LogP contribution < -0.4 is 5.32 Å². The van der Waals surface area contributed by atoms with Crippen LogP contribution in [-0.2, 0) is 16.1 Å². The van der Waals surface area contributed by atoms with Gasteiger partial charge in [0.05, 0.1) is 6.42 Å². The topological polar surface area (TPSA) is 69.6 Å². The SMILES string of the molecule is CC(=O)Nc1ccc(CN(CCC(=O)O)C2CC2)cc1. The van der Waals surface area contributed by atoms with Crippen molar-refractivity contribution in [1.82, 2.24) is 4.90 Å². The number of carboxylic acids is 1. The number of amides is 1. The first-order valence-corrected chi connectivity index (χ1v) is 6.87. The van der Waals surface area contributed by atoms with Gasteiger partial charge < -0.3 is 10.4 Å². The van der Waals surface area contributed by atoms with Gasteiger partial charge in [-0.15, -0.1) is 0 Å². The van der Waals surface area contributed by atoms with E-state index in [0.717, 1.165) is 30.6 Å². The Labute approximate surface area is 118 Å². The van der Waals surface area contributed by atoms with Gasteiger partial charge >= 0.3 is 5.97 Å². The second-order valence-electron chi connectivity index (χ2n) is 5.22. The molecule has 1 fully saturated rings. The normalized spacial score (nSPS) is 14.3. The number of rotatable bonds is 7. The number of nitrogens with zero attached hydrogens (tertiary/aromatic N) is 1. The summed E-state index contributed by atoms with van der Waals surface area (Å²) in [5.74, 6) is -0.838. The molecular weight excluding hydrogens is 256 g/mol. The molecular formula is C15H20N2O3. The Morgan fingerprint density at radius 3 is 2.45 bits per heavy atom. The van der Waals surface area contributed by atoms with Crippen LogP contribution in [0.3, 0.4) is 0 Å². The third kappa shape index (κ3) is 4.66. The smallest absolute Gasteiger partial charge is 0.304 e. The first-order valence-electron chi connectivity index (χ1n) is 6.87. The Balaban J connectivity index is 1.92. The van der Waals surface area contributed by atoms with Crippen molar-refractivity contribution in [2.45, 2.75) is 38.8 Å². The maximum absolute atomic E-state index is 10.9. The lowest BCUT2D eigenvalue weighted by Gasteiger charge is -2.21. The molecule has 5 heteroatoms. The van der Waals surface area contributed by atoms with Gasteiger partial charge in [-0.05, 0) is 30.5 Å². The zero-order chi connectivity index (χ0) is 14.5. The molecule has 1 aromatic rings. The highest BCUT2D eigenvalue weighted by atomic mass is 16.4. The number of carboxylic acid groups (broad SMARTS) is 1. The van der Waals surface area contributed by atoms with Crippen molar-refractivity contribution in [2.24, 2.45) is 0 Å². The van der Waals surface area contributed by atoms with E-state index in [4.69, 9.17) is 5.11 Å². The molecule has 0 heterocycles. The van der Waals surface area contributed by atoms with Gasteiger partial charge in [0.2, 0.25) is 5.91 Å². The average Bonchev–Trinajstić information content (AvgIpc) is 3.20. The number of carbonyl (C=O) groups is 2. The molecule has 0 unspecified atom stereocenters. The van der Waals surface area contributed by atoms with E-state index in [1.54, 1.807) is 0 Å². The molecule has 2 rings (SSSR count). The summed E-state index contributed by atoms with van der Waals surface area (Å²) in [5, 5.41) is 11.5. The summed E-state index contributed by atoms with van der Waals surface area (Å²) in [7, 11) is 0. The molecule has 0 bridgehead atoms. The molecule has 0 radical (unpaired) electrons. The Morgan fingerprint density at radius 2 is 1.95 bits per heavy atom. The van der Waals surface area contributed by atoms with E-state index >= 15 is 0 Å². The van der Waals surface area contributed by atoms with E-state index in [2.05, 4.69) is 10.2 Å². The zero-order valence-electron chi connectivity index (χ0n) is 11.6. The van der Waals surface area contributed by atoms with Crippen LogP contribution in [-0.4, -0.2) is 34.5 Å². The Kier molecular flexibility index (Phi) is 4.74. The third-order valence-electron chi connectivity index (χ3n) is 3.34. The largest absolute Gasteiger partial charge is 0.481 e. The lowest BCUT2D eigenvalue weighted by Crippen LogP contribution is -2.28. The molecule has 1 aliphatic carbocycles. The molecule has 20 heavy (non-hydrogen) atoms. The fraction of sp³-hybridized carbons (Fsp3) is 0.467. The molecule has 0 aromatic heterocycles. The predicted molar refractivity (Wildman–Crippen MR) is 76.4 cm³/mol. The van der Waals surface area contributed by atoms with E-state index in [9.17, 15) is 9.59 Å². The lowest BCUT2D eigenvalue weighted by molar-refractivity contribution is -0.137. The summed E-state index contributed by atoms with van der Waals surface area (Å²) in [4.78, 5) is 23.9. The molecule has 0 spiro atoms. The van der Waals surface area contributed by atoms with Crippen molar-refractivity contribution in [2.75, 3.05) is 11.9 Å². The fourth-order valence-electron chi connectivity index (χ4n) is 2.20. The van der Waals surface area contributed by atoms with Crippen molar-refractivity contribution >= 4 is 17.6 Å². The molecule has 1 aromatic carbocycles. The van der Waals surface area contributed by atoms with Crippen LogP contribution in [0, 0.1) is 0 Å². The summed E-state index contributed by atoms with van der Waals surface area (Å²) in [5.41, 5.74) is 1.92. The Bertz CT molecular complexity index is 480. The van der Waals surface area contributed by atoms with Crippen LogP contribution in [0.4, 0.5) is 5.69 Å². The van der Waals surface area contributed by atoms with Crippen molar-refractivity contribution < 1.29 is 14.7 Å². The quantitative estimate of drug-likeness (QED) is 0.800. The van der Waals surface area contributed by atoms with E-state index in [0.29, 0.717) is 12.6 Å². The van der Waals surface area contributed by atoms with Gasteiger partial charge in [0.25, 0.3) is 0 Å². The number of nitrogens with one attached hydrogen (secondary N) is 1. The highest BCUT2D eigenvalue weighted by Crippen LogP contribution is 2.28. The van der Waals surface area contributed by atoms with E-state index < -0.39 is 5.97 Å². The standard InChI is InChI=1S/C15H20N2O3/c1-11(18)16-13-4-2-12(3-5-13)10-17(14-6-7-14)9-8-15(19)20/h2-5,14H,6-10H2,1H3,(H,16,18)(H,19,20). The number of benzene rings is 1. The van der Waals surface area contributed by atoms with Crippen LogP contribution in [0.5, 0.6) is 0 Å². The van der Waals surface area contributed by atoms with Crippen LogP contribution in [0.15, 0.2) is 24.3 Å². The maximum Gasteiger partial charge on any atom is 0.304 e. The minimum Gasteiger partial charge on any atom is -0.481 e. The van der Waals surface area contributed by atoms with Crippen molar-refractivity contribution in [3.63, 3.8) is 0 Å². The highest BCUT2D eigenvalue weighted by molar-refractivity contribution is 5.88. The summed E-state index contributed by atoms with van der Waals surface area (Å²) >= 11 is 0. The number of aliphatic carboxylic acids is 1. The molecule has 5 nitrogen and oxygen atoms in total. The molecule has 1 saturated carbocycles. The Morgan fingerprint density at radius 1 is 1.30 bits per heavy atom. The van der Waals surface area contributed by atoms with E-state index in [1.807, 2.05) is 24.3 Å². The van der Waals surface area contributed by atoms with Crippen LogP contribution >= 0.6 is 0 Å². The molecule has 0 aliphatic heterocycles. The van der Waals surface area contributed by atoms with Crippen molar-refractivity contribution in [3.05, 3.63) is 29.8 Å². The molecule has 0 saturated heterocycles. The van der Waals surface area contributed by atoms with Crippen molar-refractivity contribution in [3.8, 4) is 0 Å². The maximum atomic E-state index is 10.9. The van der Waals surface area contributed by atoms with Gasteiger partial charge in [0.15, 0.2) is 0 Å². The summed E-state index contributed by atoms with van der Waals surface area (Å²) in [6.07, 6.45) is 2.49. The number of hydrogen-bond acceptors (Lipinski definition) is 3. The molecule has 1 amide bonds. The first-order chi connectivity index (χ1) is 9.54. The van der Waals surface area contributed by atoms with E-state index in [1.165, 1.54) is 6.92 Å². The fourth-order valence-corrected chi connectivity index (χ4v) is 2.20. The van der Waals surface area contributed by atoms with Crippen LogP contribution in [0.2, 0.25) is 0 Å². The highest BCUT2D eigenvalue weighted by Gasteiger charge is 2.28. The Hall–Kier alpha value is -1.88. The number of hydrogen-bond donors (Lipinski definition) is 2. The number of anilines is 1. The van der Waals surface area contributed by atoms with Crippen LogP contribution in [0.1, 0.15) is 31.7 Å². The van der Waals surface area contributed by atoms with Crippen molar-refractivity contribution in [1.29, 1.82) is 0 Å². The summed E-state index contributed by atoms with van der Waals surface area (Å²) < 4.78 is 0. The van der Waals surface area contributed by atoms with Gasteiger partial charge in [0, 0.05) is 31.7 Å².